The number of aryl methyl sites for hydroxylation is 1. The van der Waals surface area contributed by atoms with Crippen LogP contribution in [0.4, 0.5) is 15.8 Å². The Bertz CT molecular complexity index is 831. The van der Waals surface area contributed by atoms with Gasteiger partial charge in [0.2, 0.25) is 5.91 Å². The number of anilines is 2. The molecular formula is C23H27FN2O2. The lowest BCUT2D eigenvalue weighted by Gasteiger charge is -2.40. The van der Waals surface area contributed by atoms with Crippen molar-refractivity contribution in [2.45, 2.75) is 44.6 Å². The monoisotopic (exact) mass is 382 g/mol. The fraction of sp³-hybridized carbons (Fsp3) is 0.435. The smallest absolute Gasteiger partial charge is 0.231 e. The van der Waals surface area contributed by atoms with E-state index < -0.39 is 0 Å². The highest BCUT2D eigenvalue weighted by molar-refractivity contribution is 5.95. The minimum Gasteiger partial charge on any atom is -0.381 e. The fourth-order valence-electron chi connectivity index (χ4n) is 4.23. The van der Waals surface area contributed by atoms with Crippen LogP contribution in [-0.2, 0) is 16.0 Å². The molecule has 1 atom stereocenters. The number of fused-ring (bicyclic) bond motifs is 1. The molecule has 0 bridgehead atoms. The molecule has 1 unspecified atom stereocenters. The summed E-state index contributed by atoms with van der Waals surface area (Å²) in [7, 11) is 0. The topological polar surface area (TPSA) is 41.6 Å². The van der Waals surface area contributed by atoms with Crippen molar-refractivity contribution in [3.8, 4) is 0 Å². The van der Waals surface area contributed by atoms with Crippen LogP contribution in [0.5, 0.6) is 0 Å². The zero-order valence-electron chi connectivity index (χ0n) is 16.3. The Morgan fingerprint density at radius 2 is 1.93 bits per heavy atom. The molecule has 1 amide bonds. The maximum Gasteiger partial charge on any atom is 0.231 e. The first kappa shape index (κ1) is 18.9. The Hall–Kier alpha value is -2.40. The zero-order valence-corrected chi connectivity index (χ0v) is 16.3. The molecule has 5 heteroatoms. The number of carbonyl (C=O) groups is 1. The molecule has 0 spiro atoms. The van der Waals surface area contributed by atoms with Crippen molar-refractivity contribution in [3.63, 3.8) is 0 Å². The normalized spacial score (nSPS) is 18.4. The number of hydrogen-bond acceptors (Lipinski definition) is 3. The number of hydrogen-bond donors (Lipinski definition) is 1. The summed E-state index contributed by atoms with van der Waals surface area (Å²) in [5.41, 5.74) is 4.28. The van der Waals surface area contributed by atoms with E-state index in [1.165, 1.54) is 23.4 Å². The van der Waals surface area contributed by atoms with Gasteiger partial charge in [0.1, 0.15) is 5.82 Å². The van der Waals surface area contributed by atoms with Crippen LogP contribution in [0.25, 0.3) is 0 Å². The van der Waals surface area contributed by atoms with Gasteiger partial charge in [-0.05, 0) is 74.1 Å². The third-order valence-corrected chi connectivity index (χ3v) is 5.89. The predicted octanol–water partition coefficient (Wildman–Crippen LogP) is 4.50. The molecule has 2 aromatic rings. The number of halogens is 1. The van der Waals surface area contributed by atoms with Gasteiger partial charge in [0.15, 0.2) is 0 Å². The number of nitrogens with one attached hydrogen (secondary N) is 1. The van der Waals surface area contributed by atoms with E-state index in [-0.39, 0.29) is 17.6 Å². The van der Waals surface area contributed by atoms with E-state index in [2.05, 4.69) is 28.4 Å². The average Bonchev–Trinajstić information content (AvgIpc) is 2.74. The third-order valence-electron chi connectivity index (χ3n) is 5.89. The Morgan fingerprint density at radius 1 is 1.18 bits per heavy atom. The van der Waals surface area contributed by atoms with Crippen molar-refractivity contribution in [1.29, 1.82) is 0 Å². The van der Waals surface area contributed by atoms with Gasteiger partial charge in [-0.3, -0.25) is 4.79 Å². The van der Waals surface area contributed by atoms with E-state index in [0.717, 1.165) is 51.0 Å². The highest BCUT2D eigenvalue weighted by atomic mass is 19.1. The largest absolute Gasteiger partial charge is 0.381 e. The van der Waals surface area contributed by atoms with Gasteiger partial charge in [-0.15, -0.1) is 0 Å². The predicted molar refractivity (Wildman–Crippen MR) is 109 cm³/mol. The number of amides is 1. The van der Waals surface area contributed by atoms with Crippen LogP contribution in [0.2, 0.25) is 0 Å². The molecule has 2 aliphatic rings. The third kappa shape index (κ3) is 4.04. The number of rotatable bonds is 4. The standard InChI is InChI=1S/C23H27FN2O2/c1-16(23(27)25-20-7-5-19(24)6-8-20)17-4-9-22-18(15-17)3-2-12-26(22)21-10-13-28-14-11-21/h4-9,15-16,21H,2-3,10-14H2,1H3,(H,25,27). The fourth-order valence-corrected chi connectivity index (χ4v) is 4.23. The second-order valence-electron chi connectivity index (χ2n) is 7.75. The molecule has 1 N–H and O–H groups in total. The van der Waals surface area contributed by atoms with Crippen molar-refractivity contribution >= 4 is 17.3 Å². The summed E-state index contributed by atoms with van der Waals surface area (Å²) in [6.07, 6.45) is 4.36. The molecule has 2 aliphatic heterocycles. The highest BCUT2D eigenvalue weighted by Crippen LogP contribution is 2.33. The quantitative estimate of drug-likeness (QED) is 0.847. The highest BCUT2D eigenvalue weighted by Gasteiger charge is 2.27. The Morgan fingerprint density at radius 3 is 2.68 bits per heavy atom. The number of ether oxygens (including phenoxy) is 1. The zero-order chi connectivity index (χ0) is 19.5. The average molecular weight is 382 g/mol. The summed E-state index contributed by atoms with van der Waals surface area (Å²) in [6.45, 7) is 4.70. The number of benzene rings is 2. The first-order chi connectivity index (χ1) is 13.6. The Labute approximate surface area is 165 Å². The first-order valence-electron chi connectivity index (χ1n) is 10.2. The van der Waals surface area contributed by atoms with Crippen molar-refractivity contribution in [2.24, 2.45) is 0 Å². The maximum absolute atomic E-state index is 13.1. The van der Waals surface area contributed by atoms with E-state index >= 15 is 0 Å². The van der Waals surface area contributed by atoms with Crippen LogP contribution in [-0.4, -0.2) is 31.7 Å². The number of carbonyl (C=O) groups excluding carboxylic acids is 1. The molecule has 2 heterocycles. The summed E-state index contributed by atoms with van der Waals surface area (Å²) in [6, 6.07) is 12.9. The van der Waals surface area contributed by atoms with Crippen LogP contribution < -0.4 is 10.2 Å². The van der Waals surface area contributed by atoms with Gasteiger partial charge in [0.05, 0.1) is 5.92 Å². The van der Waals surface area contributed by atoms with E-state index in [9.17, 15) is 9.18 Å². The molecule has 1 fully saturated rings. The molecule has 0 aliphatic carbocycles. The van der Waals surface area contributed by atoms with Gasteiger partial charge < -0.3 is 15.0 Å². The van der Waals surface area contributed by atoms with Crippen LogP contribution in [0.3, 0.4) is 0 Å². The van der Waals surface area contributed by atoms with E-state index in [1.807, 2.05) is 6.92 Å². The lowest BCUT2D eigenvalue weighted by Crippen LogP contribution is -2.42. The lowest BCUT2D eigenvalue weighted by atomic mass is 9.92. The number of nitrogens with zero attached hydrogens (tertiary/aromatic N) is 1. The Balaban J connectivity index is 1.49. The molecular weight excluding hydrogens is 355 g/mol. The molecule has 148 valence electrons. The van der Waals surface area contributed by atoms with Gasteiger partial charge in [-0.1, -0.05) is 12.1 Å². The van der Waals surface area contributed by atoms with Crippen molar-refractivity contribution in [3.05, 3.63) is 59.4 Å². The Kier molecular flexibility index (Phi) is 5.62. The molecule has 1 saturated heterocycles. The second kappa shape index (κ2) is 8.31. The molecule has 0 radical (unpaired) electrons. The summed E-state index contributed by atoms with van der Waals surface area (Å²) >= 11 is 0. The molecule has 2 aromatic carbocycles. The van der Waals surface area contributed by atoms with E-state index in [4.69, 9.17) is 4.74 Å². The maximum atomic E-state index is 13.1. The van der Waals surface area contributed by atoms with Gasteiger partial charge >= 0.3 is 0 Å². The van der Waals surface area contributed by atoms with E-state index in [1.54, 1.807) is 12.1 Å². The lowest BCUT2D eigenvalue weighted by molar-refractivity contribution is -0.117. The summed E-state index contributed by atoms with van der Waals surface area (Å²) < 4.78 is 18.6. The molecule has 4 nitrogen and oxygen atoms in total. The summed E-state index contributed by atoms with van der Waals surface area (Å²) in [5.74, 6) is -0.660. The van der Waals surface area contributed by atoms with Crippen molar-refractivity contribution in [2.75, 3.05) is 30.0 Å². The minimum absolute atomic E-state index is 0.0800. The van der Waals surface area contributed by atoms with Gasteiger partial charge in [0, 0.05) is 37.2 Å². The first-order valence-corrected chi connectivity index (χ1v) is 10.2. The van der Waals surface area contributed by atoms with Gasteiger partial charge in [0.25, 0.3) is 0 Å². The minimum atomic E-state index is -0.310. The SMILES string of the molecule is CC(C(=O)Nc1ccc(F)cc1)c1ccc2c(c1)CCCN2C1CCOCC1. The van der Waals surface area contributed by atoms with Crippen LogP contribution in [0, 0.1) is 5.82 Å². The van der Waals surface area contributed by atoms with Crippen molar-refractivity contribution < 1.29 is 13.9 Å². The van der Waals surface area contributed by atoms with Gasteiger partial charge in [-0.25, -0.2) is 4.39 Å². The molecule has 0 aromatic heterocycles. The van der Waals surface area contributed by atoms with Gasteiger partial charge in [-0.2, -0.15) is 0 Å². The molecule has 28 heavy (non-hydrogen) atoms. The molecule has 0 saturated carbocycles. The molecule has 4 rings (SSSR count). The van der Waals surface area contributed by atoms with Crippen LogP contribution >= 0.6 is 0 Å². The summed E-state index contributed by atoms with van der Waals surface area (Å²) in [5, 5.41) is 2.88. The van der Waals surface area contributed by atoms with Crippen molar-refractivity contribution in [1.82, 2.24) is 0 Å². The van der Waals surface area contributed by atoms with Crippen LogP contribution in [0.15, 0.2) is 42.5 Å². The van der Waals surface area contributed by atoms with E-state index in [0.29, 0.717) is 11.7 Å². The van der Waals surface area contributed by atoms with Crippen LogP contribution in [0.1, 0.15) is 43.2 Å². The summed E-state index contributed by atoms with van der Waals surface area (Å²) in [4.78, 5) is 15.2. The second-order valence-corrected chi connectivity index (χ2v) is 7.75.